The smallest absolute Gasteiger partial charge is 0.126 e. The lowest BCUT2D eigenvalue weighted by Gasteiger charge is -2.28. The van der Waals surface area contributed by atoms with Gasteiger partial charge in [0.25, 0.3) is 0 Å². The molecule has 0 amide bonds. The maximum absolute atomic E-state index is 10.0. The number of hydrogen-bond donors (Lipinski definition) is 1. The first kappa shape index (κ1) is 16.3. The summed E-state index contributed by atoms with van der Waals surface area (Å²) in [6.45, 7) is 3.51. The van der Waals surface area contributed by atoms with E-state index in [0.29, 0.717) is 31.9 Å². The molecule has 0 spiro atoms. The van der Waals surface area contributed by atoms with E-state index in [9.17, 15) is 5.11 Å². The molecule has 0 fully saturated rings. The van der Waals surface area contributed by atoms with Crippen molar-refractivity contribution in [3.8, 4) is 11.8 Å². The third kappa shape index (κ3) is 4.12. The molecule has 0 aliphatic carbocycles. The number of nitriles is 1. The quantitative estimate of drug-likeness (QED) is 0.789. The first-order valence-corrected chi connectivity index (χ1v) is 6.61. The third-order valence-corrected chi connectivity index (χ3v) is 3.08. The van der Waals surface area contributed by atoms with Crippen LogP contribution >= 0.6 is 0 Å². The predicted molar refractivity (Wildman–Crippen MR) is 77.9 cm³/mol. The molecule has 0 bridgehead atoms. The second kappa shape index (κ2) is 8.41. The second-order valence-electron chi connectivity index (χ2n) is 4.46. The van der Waals surface area contributed by atoms with E-state index in [1.54, 1.807) is 21.1 Å². The SMILES string of the molecule is COCCN(CCC#N)c1cccc(OC)c1[C@@H](C)O. The summed E-state index contributed by atoms with van der Waals surface area (Å²) in [5.41, 5.74) is 1.62. The number of aliphatic hydroxyl groups excluding tert-OH is 1. The van der Waals surface area contributed by atoms with Crippen LogP contribution < -0.4 is 9.64 Å². The highest BCUT2D eigenvalue weighted by atomic mass is 16.5. The van der Waals surface area contributed by atoms with Gasteiger partial charge in [0.05, 0.1) is 32.3 Å². The zero-order valence-electron chi connectivity index (χ0n) is 12.3. The van der Waals surface area contributed by atoms with Gasteiger partial charge in [-0.15, -0.1) is 0 Å². The number of anilines is 1. The van der Waals surface area contributed by atoms with Crippen molar-refractivity contribution in [2.24, 2.45) is 0 Å². The van der Waals surface area contributed by atoms with E-state index in [2.05, 4.69) is 6.07 Å². The van der Waals surface area contributed by atoms with Crippen molar-refractivity contribution in [1.82, 2.24) is 0 Å². The lowest BCUT2D eigenvalue weighted by molar-refractivity contribution is 0.193. The zero-order chi connectivity index (χ0) is 15.0. The molecule has 0 unspecified atom stereocenters. The minimum absolute atomic E-state index is 0.417. The van der Waals surface area contributed by atoms with Gasteiger partial charge >= 0.3 is 0 Å². The normalized spacial score (nSPS) is 11.8. The molecule has 0 saturated heterocycles. The van der Waals surface area contributed by atoms with E-state index < -0.39 is 6.10 Å². The van der Waals surface area contributed by atoms with Crippen molar-refractivity contribution < 1.29 is 14.6 Å². The molecule has 1 rings (SSSR count). The summed E-state index contributed by atoms with van der Waals surface area (Å²) in [5, 5.41) is 18.8. The maximum Gasteiger partial charge on any atom is 0.126 e. The average Bonchev–Trinajstić information content (AvgIpc) is 2.46. The van der Waals surface area contributed by atoms with Crippen LogP contribution in [0.25, 0.3) is 0 Å². The van der Waals surface area contributed by atoms with Crippen LogP contribution in [0.15, 0.2) is 18.2 Å². The third-order valence-electron chi connectivity index (χ3n) is 3.08. The Morgan fingerprint density at radius 3 is 2.65 bits per heavy atom. The van der Waals surface area contributed by atoms with Crippen LogP contribution in [0.5, 0.6) is 5.75 Å². The molecule has 0 saturated carbocycles. The fourth-order valence-corrected chi connectivity index (χ4v) is 2.15. The van der Waals surface area contributed by atoms with Gasteiger partial charge < -0.3 is 19.5 Å². The van der Waals surface area contributed by atoms with Gasteiger partial charge in [-0.1, -0.05) is 6.07 Å². The molecular formula is C15H22N2O3. The van der Waals surface area contributed by atoms with Crippen LogP contribution in [0, 0.1) is 11.3 Å². The number of rotatable bonds is 8. The van der Waals surface area contributed by atoms with E-state index in [-0.39, 0.29) is 0 Å². The highest BCUT2D eigenvalue weighted by Crippen LogP contribution is 2.34. The summed E-state index contributed by atoms with van der Waals surface area (Å²) in [6.07, 6.45) is -0.228. The highest BCUT2D eigenvalue weighted by Gasteiger charge is 2.18. The van der Waals surface area contributed by atoms with Gasteiger partial charge in [0.1, 0.15) is 5.75 Å². The van der Waals surface area contributed by atoms with Crippen molar-refractivity contribution in [3.05, 3.63) is 23.8 Å². The summed E-state index contributed by atoms with van der Waals surface area (Å²) >= 11 is 0. The molecule has 20 heavy (non-hydrogen) atoms. The van der Waals surface area contributed by atoms with Gasteiger partial charge in [0, 0.05) is 31.5 Å². The van der Waals surface area contributed by atoms with Gasteiger partial charge in [-0.25, -0.2) is 0 Å². The van der Waals surface area contributed by atoms with Crippen LogP contribution in [0.1, 0.15) is 25.0 Å². The van der Waals surface area contributed by atoms with Crippen molar-refractivity contribution in [1.29, 1.82) is 5.26 Å². The molecule has 1 aromatic carbocycles. The Morgan fingerprint density at radius 1 is 1.35 bits per heavy atom. The Hall–Kier alpha value is -1.77. The molecule has 1 atom stereocenters. The van der Waals surface area contributed by atoms with Gasteiger partial charge in [0.15, 0.2) is 0 Å². The van der Waals surface area contributed by atoms with Crippen LogP contribution in [0.3, 0.4) is 0 Å². The summed E-state index contributed by atoms with van der Waals surface area (Å²) in [6, 6.07) is 7.78. The lowest BCUT2D eigenvalue weighted by atomic mass is 10.1. The number of benzene rings is 1. The van der Waals surface area contributed by atoms with Gasteiger partial charge in [-0.3, -0.25) is 0 Å². The fourth-order valence-electron chi connectivity index (χ4n) is 2.15. The fraction of sp³-hybridized carbons (Fsp3) is 0.533. The predicted octanol–water partition coefficient (Wildman–Crippen LogP) is 2.11. The van der Waals surface area contributed by atoms with Crippen LogP contribution in [-0.2, 0) is 4.74 Å². The summed E-state index contributed by atoms with van der Waals surface area (Å²) < 4.78 is 10.4. The average molecular weight is 278 g/mol. The number of methoxy groups -OCH3 is 2. The Kier molecular flexibility index (Phi) is 6.85. The molecule has 0 heterocycles. The van der Waals surface area contributed by atoms with Crippen LogP contribution in [-0.4, -0.2) is 39.0 Å². The number of nitrogens with zero attached hydrogens (tertiary/aromatic N) is 2. The number of ether oxygens (including phenoxy) is 2. The number of hydrogen-bond acceptors (Lipinski definition) is 5. The zero-order valence-corrected chi connectivity index (χ0v) is 12.3. The Labute approximate surface area is 120 Å². The monoisotopic (exact) mass is 278 g/mol. The molecule has 110 valence electrons. The minimum Gasteiger partial charge on any atom is -0.496 e. The summed E-state index contributed by atoms with van der Waals surface area (Å²) in [5.74, 6) is 0.650. The maximum atomic E-state index is 10.0. The Morgan fingerprint density at radius 2 is 2.10 bits per heavy atom. The lowest BCUT2D eigenvalue weighted by Crippen LogP contribution is -2.29. The summed E-state index contributed by atoms with van der Waals surface area (Å²) in [4.78, 5) is 2.04. The Balaban J connectivity index is 3.13. The first-order chi connectivity index (χ1) is 9.65. The first-order valence-electron chi connectivity index (χ1n) is 6.61. The standard InChI is InChI=1S/C15H22N2O3/c1-12(18)15-13(6-4-7-14(15)20-3)17(9-5-8-16)10-11-19-2/h4,6-7,12,18H,5,9-11H2,1-3H3/t12-/m1/s1. The molecule has 0 aliphatic rings. The summed E-state index contributed by atoms with van der Waals surface area (Å²) in [7, 11) is 3.23. The minimum atomic E-state index is -0.645. The van der Waals surface area contributed by atoms with E-state index in [4.69, 9.17) is 14.7 Å². The van der Waals surface area contributed by atoms with E-state index in [1.807, 2.05) is 23.1 Å². The Bertz CT molecular complexity index is 455. The van der Waals surface area contributed by atoms with Crippen molar-refractivity contribution in [2.75, 3.05) is 38.8 Å². The van der Waals surface area contributed by atoms with E-state index in [0.717, 1.165) is 11.3 Å². The highest BCUT2D eigenvalue weighted by molar-refractivity contribution is 5.60. The van der Waals surface area contributed by atoms with Gasteiger partial charge in [0.2, 0.25) is 0 Å². The molecule has 0 aliphatic heterocycles. The van der Waals surface area contributed by atoms with Gasteiger partial charge in [-0.2, -0.15) is 5.26 Å². The van der Waals surface area contributed by atoms with E-state index in [1.165, 1.54) is 0 Å². The van der Waals surface area contributed by atoms with Crippen molar-refractivity contribution >= 4 is 5.69 Å². The molecule has 1 aromatic rings. The van der Waals surface area contributed by atoms with Crippen LogP contribution in [0.4, 0.5) is 5.69 Å². The number of aliphatic hydroxyl groups is 1. The second-order valence-corrected chi connectivity index (χ2v) is 4.46. The van der Waals surface area contributed by atoms with Crippen molar-refractivity contribution in [3.63, 3.8) is 0 Å². The van der Waals surface area contributed by atoms with Crippen LogP contribution in [0.2, 0.25) is 0 Å². The molecule has 0 radical (unpaired) electrons. The topological polar surface area (TPSA) is 65.7 Å². The molecule has 5 nitrogen and oxygen atoms in total. The van der Waals surface area contributed by atoms with E-state index >= 15 is 0 Å². The molecule has 0 aromatic heterocycles. The van der Waals surface area contributed by atoms with Crippen molar-refractivity contribution in [2.45, 2.75) is 19.4 Å². The molecule has 5 heteroatoms. The molecular weight excluding hydrogens is 256 g/mol. The van der Waals surface area contributed by atoms with Gasteiger partial charge in [-0.05, 0) is 19.1 Å². The largest absolute Gasteiger partial charge is 0.496 e. The molecule has 1 N–H and O–H groups in total.